The van der Waals surface area contributed by atoms with E-state index in [1.807, 2.05) is 12.3 Å². The zero-order valence-electron chi connectivity index (χ0n) is 27.1. The van der Waals surface area contributed by atoms with Crippen LogP contribution in [0.2, 0.25) is 0 Å². The average Bonchev–Trinajstić information content (AvgIpc) is 3.55. The van der Waals surface area contributed by atoms with Gasteiger partial charge in [-0.05, 0) is 104 Å². The van der Waals surface area contributed by atoms with Crippen LogP contribution >= 0.6 is 0 Å². The highest BCUT2D eigenvalue weighted by molar-refractivity contribution is 6.16. The molecule has 0 saturated heterocycles. The van der Waals surface area contributed by atoms with E-state index in [2.05, 4.69) is 180 Å². The molecule has 8 aromatic carbocycles. The third-order valence-electron chi connectivity index (χ3n) is 9.85. The smallest absolute Gasteiger partial charge is 0.137 e. The maximum absolute atomic E-state index is 6.51. The SMILES string of the molecule is c1ccc(-c2cccc(N(c3ccc(-c4cc5ccccc5c5ccccc45)cc3)c3cccc4oc5cc6cccnc6cc5c34)c2)cc1. The van der Waals surface area contributed by atoms with Gasteiger partial charge in [0.15, 0.2) is 0 Å². The van der Waals surface area contributed by atoms with Crippen LogP contribution in [0, 0.1) is 0 Å². The van der Waals surface area contributed by atoms with Gasteiger partial charge in [0.1, 0.15) is 11.2 Å². The first-order chi connectivity index (χ1) is 24.8. The minimum Gasteiger partial charge on any atom is -0.456 e. The van der Waals surface area contributed by atoms with Gasteiger partial charge in [-0.2, -0.15) is 0 Å². The first kappa shape index (κ1) is 28.3. The first-order valence-corrected chi connectivity index (χ1v) is 17.0. The van der Waals surface area contributed by atoms with Crippen LogP contribution in [-0.2, 0) is 0 Å². The van der Waals surface area contributed by atoms with Gasteiger partial charge in [-0.15, -0.1) is 0 Å². The van der Waals surface area contributed by atoms with E-state index in [1.54, 1.807) is 0 Å². The Morgan fingerprint density at radius 3 is 2.04 bits per heavy atom. The molecule has 3 heteroatoms. The summed E-state index contributed by atoms with van der Waals surface area (Å²) < 4.78 is 6.51. The van der Waals surface area contributed by atoms with E-state index in [-0.39, 0.29) is 0 Å². The number of hydrogen-bond donors (Lipinski definition) is 0. The zero-order valence-corrected chi connectivity index (χ0v) is 27.1. The predicted octanol–water partition coefficient (Wildman–Crippen LogP) is 13.2. The molecule has 234 valence electrons. The molecule has 0 saturated carbocycles. The van der Waals surface area contributed by atoms with Crippen molar-refractivity contribution in [3.05, 3.63) is 182 Å². The molecule has 0 N–H and O–H groups in total. The summed E-state index contributed by atoms with van der Waals surface area (Å²) in [4.78, 5) is 7.03. The zero-order chi connectivity index (χ0) is 33.0. The third-order valence-corrected chi connectivity index (χ3v) is 9.85. The Hall–Kier alpha value is -6.71. The highest BCUT2D eigenvalue weighted by Crippen LogP contribution is 2.45. The lowest BCUT2D eigenvalue weighted by Gasteiger charge is -2.27. The van der Waals surface area contributed by atoms with Gasteiger partial charge in [0.05, 0.1) is 16.6 Å². The summed E-state index contributed by atoms with van der Waals surface area (Å²) in [7, 11) is 0. The molecule has 0 unspecified atom stereocenters. The van der Waals surface area contributed by atoms with Crippen LogP contribution in [0.15, 0.2) is 187 Å². The van der Waals surface area contributed by atoms with Crippen LogP contribution in [0.3, 0.4) is 0 Å². The van der Waals surface area contributed by atoms with Crippen LogP contribution in [-0.4, -0.2) is 4.98 Å². The molecule has 2 aromatic heterocycles. The van der Waals surface area contributed by atoms with Crippen LogP contribution < -0.4 is 4.90 Å². The van der Waals surface area contributed by atoms with Gasteiger partial charge in [0.25, 0.3) is 0 Å². The van der Waals surface area contributed by atoms with Crippen molar-refractivity contribution in [2.24, 2.45) is 0 Å². The lowest BCUT2D eigenvalue weighted by atomic mass is 9.93. The topological polar surface area (TPSA) is 29.3 Å². The normalized spacial score (nSPS) is 11.6. The van der Waals surface area contributed by atoms with Crippen molar-refractivity contribution in [2.75, 3.05) is 4.90 Å². The molecule has 0 atom stereocenters. The average molecular weight is 639 g/mol. The second kappa shape index (κ2) is 11.5. The lowest BCUT2D eigenvalue weighted by Crippen LogP contribution is -2.10. The molecule has 0 bridgehead atoms. The highest BCUT2D eigenvalue weighted by Gasteiger charge is 2.21. The molecule has 10 aromatic rings. The van der Waals surface area contributed by atoms with E-state index in [4.69, 9.17) is 4.42 Å². The fraction of sp³-hybridized carbons (Fsp3) is 0. The molecule has 2 heterocycles. The molecule has 0 radical (unpaired) electrons. The van der Waals surface area contributed by atoms with Gasteiger partial charge in [-0.1, -0.05) is 115 Å². The lowest BCUT2D eigenvalue weighted by molar-refractivity contribution is 0.669. The number of pyridine rings is 1. The van der Waals surface area contributed by atoms with Gasteiger partial charge in [-0.25, -0.2) is 0 Å². The number of hydrogen-bond acceptors (Lipinski definition) is 3. The predicted molar refractivity (Wildman–Crippen MR) is 210 cm³/mol. The molecule has 0 fully saturated rings. The van der Waals surface area contributed by atoms with Gasteiger partial charge >= 0.3 is 0 Å². The summed E-state index contributed by atoms with van der Waals surface area (Å²) in [6.07, 6.45) is 1.85. The molecule has 10 rings (SSSR count). The maximum atomic E-state index is 6.51. The van der Waals surface area contributed by atoms with E-state index in [0.717, 1.165) is 55.5 Å². The number of fused-ring (bicyclic) bond motifs is 7. The second-order valence-electron chi connectivity index (χ2n) is 12.8. The molecule has 0 spiro atoms. The number of anilines is 3. The largest absolute Gasteiger partial charge is 0.456 e. The van der Waals surface area contributed by atoms with Crippen molar-refractivity contribution in [2.45, 2.75) is 0 Å². The Bertz CT molecular complexity index is 2870. The molecule has 0 aliphatic heterocycles. The number of rotatable bonds is 5. The van der Waals surface area contributed by atoms with Crippen molar-refractivity contribution < 1.29 is 4.42 Å². The molecule has 0 aliphatic carbocycles. The molecule has 3 nitrogen and oxygen atoms in total. The summed E-state index contributed by atoms with van der Waals surface area (Å²) in [5.41, 5.74) is 10.6. The third kappa shape index (κ3) is 4.63. The molecule has 0 aliphatic rings. The van der Waals surface area contributed by atoms with Crippen molar-refractivity contribution in [1.82, 2.24) is 4.98 Å². The van der Waals surface area contributed by atoms with Crippen molar-refractivity contribution in [3.8, 4) is 22.3 Å². The summed E-state index contributed by atoms with van der Waals surface area (Å²) in [5.74, 6) is 0. The monoisotopic (exact) mass is 638 g/mol. The fourth-order valence-electron chi connectivity index (χ4n) is 7.52. The van der Waals surface area contributed by atoms with E-state index >= 15 is 0 Å². The fourth-order valence-corrected chi connectivity index (χ4v) is 7.52. The number of nitrogens with zero attached hydrogens (tertiary/aromatic N) is 2. The minimum atomic E-state index is 0.844. The molecular weight excluding hydrogens is 609 g/mol. The van der Waals surface area contributed by atoms with Crippen LogP contribution in [0.25, 0.3) is 76.6 Å². The molecular formula is C47H30N2O. The first-order valence-electron chi connectivity index (χ1n) is 17.0. The van der Waals surface area contributed by atoms with Gasteiger partial charge < -0.3 is 9.32 Å². The van der Waals surface area contributed by atoms with Gasteiger partial charge in [-0.3, -0.25) is 4.98 Å². The number of aromatic nitrogens is 1. The molecule has 0 amide bonds. The summed E-state index contributed by atoms with van der Waals surface area (Å²) in [6, 6.07) is 62.7. The quantitative estimate of drug-likeness (QED) is 0.176. The Morgan fingerprint density at radius 1 is 0.420 bits per heavy atom. The Morgan fingerprint density at radius 2 is 1.16 bits per heavy atom. The number of benzene rings is 8. The van der Waals surface area contributed by atoms with Crippen molar-refractivity contribution in [1.29, 1.82) is 0 Å². The Kier molecular flexibility index (Phi) is 6.49. The van der Waals surface area contributed by atoms with Crippen molar-refractivity contribution in [3.63, 3.8) is 0 Å². The van der Waals surface area contributed by atoms with E-state index in [1.165, 1.54) is 38.2 Å². The summed E-state index contributed by atoms with van der Waals surface area (Å²) in [5, 5.41) is 8.20. The van der Waals surface area contributed by atoms with Gasteiger partial charge in [0, 0.05) is 28.3 Å². The van der Waals surface area contributed by atoms with Crippen LogP contribution in [0.1, 0.15) is 0 Å². The van der Waals surface area contributed by atoms with E-state index in [9.17, 15) is 0 Å². The van der Waals surface area contributed by atoms with Gasteiger partial charge in [0.2, 0.25) is 0 Å². The van der Waals surface area contributed by atoms with Crippen LogP contribution in [0.4, 0.5) is 17.1 Å². The second-order valence-corrected chi connectivity index (χ2v) is 12.8. The van der Waals surface area contributed by atoms with E-state index in [0.29, 0.717) is 0 Å². The van der Waals surface area contributed by atoms with Crippen LogP contribution in [0.5, 0.6) is 0 Å². The summed E-state index contributed by atoms with van der Waals surface area (Å²) in [6.45, 7) is 0. The summed E-state index contributed by atoms with van der Waals surface area (Å²) >= 11 is 0. The Balaban J connectivity index is 1.19. The Labute approximate surface area is 289 Å². The van der Waals surface area contributed by atoms with E-state index < -0.39 is 0 Å². The molecule has 50 heavy (non-hydrogen) atoms. The minimum absolute atomic E-state index is 0.844. The maximum Gasteiger partial charge on any atom is 0.137 e. The van der Waals surface area contributed by atoms with Crippen molar-refractivity contribution >= 4 is 71.4 Å². The highest BCUT2D eigenvalue weighted by atomic mass is 16.3. The number of furan rings is 1. The standard InChI is InChI=1S/C47H30N2O/c1-2-11-31(12-3-1)33-14-8-16-37(27-33)49(44-20-9-21-45-47(44)42-30-43-35(15-10-26-48-43)29-46(42)50-45)36-24-22-32(23-25-36)41-28-34-13-4-5-17-38(34)39-18-6-7-19-40(39)41/h1-30H.